The van der Waals surface area contributed by atoms with Crippen molar-refractivity contribution in [2.45, 2.75) is 109 Å². The molecule has 2 heterocycles. The fraction of sp³-hybridized carbons (Fsp3) is 0.479. The van der Waals surface area contributed by atoms with E-state index in [9.17, 15) is 15.2 Å². The number of aliphatic carboxylic acids is 1. The number of nitriles is 1. The van der Waals surface area contributed by atoms with Gasteiger partial charge in [-0.3, -0.25) is 14.7 Å². The predicted octanol–water partition coefficient (Wildman–Crippen LogP) is 9.81. The Morgan fingerprint density at radius 3 is 2.36 bits per heavy atom. The van der Waals surface area contributed by atoms with Gasteiger partial charge in [-0.15, -0.1) is 0 Å². The maximum absolute atomic E-state index is 12.1. The van der Waals surface area contributed by atoms with Crippen LogP contribution in [0.1, 0.15) is 97.6 Å². The second-order valence-electron chi connectivity index (χ2n) is 17.3. The highest BCUT2D eigenvalue weighted by molar-refractivity contribution is 6.32. The van der Waals surface area contributed by atoms with E-state index in [-0.39, 0.29) is 13.2 Å². The minimum absolute atomic E-state index is 0.168. The van der Waals surface area contributed by atoms with E-state index in [0.717, 1.165) is 88.3 Å². The highest BCUT2D eigenvalue weighted by Crippen LogP contribution is 2.55. The number of hydrogen-bond acceptors (Lipinski definition) is 8. The maximum atomic E-state index is 12.1. The van der Waals surface area contributed by atoms with Crippen molar-refractivity contribution in [3.63, 3.8) is 0 Å². The number of likely N-dealkylation sites (tertiary alicyclic amines) is 1. The number of pyridine rings is 1. The molecule has 4 bridgehead atoms. The van der Waals surface area contributed by atoms with E-state index >= 15 is 0 Å². The lowest BCUT2D eigenvalue weighted by atomic mass is 9.53. The van der Waals surface area contributed by atoms with Crippen molar-refractivity contribution in [3.05, 3.63) is 105 Å². The SMILES string of the molecule is Cc1c(COc2cc(OCc3cncc(C#N)c3)c(CN3CCCC[C@H]3C(=O)O)cc2Cl)cccc1-c1cccc(OCCCNC23CC4CC(CC(C4)C2)C3)c1C. The van der Waals surface area contributed by atoms with E-state index in [0.29, 0.717) is 53.7 Å². The highest BCUT2D eigenvalue weighted by atomic mass is 35.5. The Hall–Kier alpha value is -4.62. The second-order valence-corrected chi connectivity index (χ2v) is 17.7. The number of hydrogen-bond donors (Lipinski definition) is 2. The van der Waals surface area contributed by atoms with Crippen LogP contribution in [0.2, 0.25) is 5.02 Å². The number of piperidine rings is 1. The standard InChI is InChI=1S/C48H55ClN4O5/c1-31-38(8-5-9-40(31)41-10-6-12-44(32(41)2)56-15-7-13-52-48-22-33-16-34(23-48)18-35(17-33)24-48)30-58-46-21-45(57-29-37-19-36(25-50)26-51-27-37)39(20-42(46)49)28-53-14-4-3-11-43(53)47(54)55/h5-6,8-10,12,19-21,26-27,33-35,43,52H,3-4,7,11,13-18,22-24,28-30H2,1-2H3,(H,54,55)/t33?,34?,35?,43-,48?/m0/s1. The fourth-order valence-corrected chi connectivity index (χ4v) is 10.9. The first-order chi connectivity index (χ1) is 28.2. The summed E-state index contributed by atoms with van der Waals surface area (Å²) in [4.78, 5) is 18.3. The molecule has 4 aromatic rings. The predicted molar refractivity (Wildman–Crippen MR) is 225 cm³/mol. The first kappa shape index (κ1) is 40.2. The van der Waals surface area contributed by atoms with Gasteiger partial charge in [-0.25, -0.2) is 0 Å². The third-order valence-corrected chi connectivity index (χ3v) is 13.5. The molecule has 1 aromatic heterocycles. The van der Waals surface area contributed by atoms with Gasteiger partial charge in [0.25, 0.3) is 0 Å². The molecule has 0 amide bonds. The molecular weight excluding hydrogens is 748 g/mol. The molecule has 304 valence electrons. The lowest BCUT2D eigenvalue weighted by molar-refractivity contribution is -0.144. The Balaban J connectivity index is 0.939. The molecule has 0 unspecified atom stereocenters. The Labute approximate surface area is 347 Å². The third-order valence-electron chi connectivity index (χ3n) is 13.2. The monoisotopic (exact) mass is 802 g/mol. The van der Waals surface area contributed by atoms with Gasteiger partial charge >= 0.3 is 5.97 Å². The maximum Gasteiger partial charge on any atom is 0.320 e. The van der Waals surface area contributed by atoms with Crippen LogP contribution in [-0.4, -0.2) is 52.2 Å². The minimum Gasteiger partial charge on any atom is -0.493 e. The number of halogens is 1. The number of carboxylic acid groups (broad SMARTS) is 1. The van der Waals surface area contributed by atoms with Crippen LogP contribution in [0.5, 0.6) is 17.2 Å². The zero-order chi connectivity index (χ0) is 40.2. The van der Waals surface area contributed by atoms with E-state index < -0.39 is 12.0 Å². The number of nitrogens with zero attached hydrogens (tertiary/aromatic N) is 3. The van der Waals surface area contributed by atoms with Crippen molar-refractivity contribution < 1.29 is 24.1 Å². The van der Waals surface area contributed by atoms with E-state index in [2.05, 4.69) is 66.6 Å². The summed E-state index contributed by atoms with van der Waals surface area (Å²) in [5.41, 5.74) is 7.85. The number of benzene rings is 3. The third kappa shape index (κ3) is 9.00. The summed E-state index contributed by atoms with van der Waals surface area (Å²) in [6.07, 6.45) is 15.1. The molecule has 0 radical (unpaired) electrons. The summed E-state index contributed by atoms with van der Waals surface area (Å²) in [5.74, 6) is 3.94. The van der Waals surface area contributed by atoms with Crippen LogP contribution in [0.3, 0.4) is 0 Å². The molecule has 4 saturated carbocycles. The molecule has 2 N–H and O–H groups in total. The zero-order valence-corrected chi connectivity index (χ0v) is 34.5. The van der Waals surface area contributed by atoms with E-state index in [1.807, 2.05) is 11.0 Å². The lowest BCUT2D eigenvalue weighted by Gasteiger charge is -2.57. The summed E-state index contributed by atoms with van der Waals surface area (Å²) in [7, 11) is 0. The topological polar surface area (TPSA) is 117 Å². The number of carbonyl (C=O) groups is 1. The Morgan fingerprint density at radius 2 is 1.62 bits per heavy atom. The van der Waals surface area contributed by atoms with Gasteiger partial charge in [0.2, 0.25) is 0 Å². The summed E-state index contributed by atoms with van der Waals surface area (Å²) < 4.78 is 19.2. The number of ether oxygens (including phenoxy) is 3. The molecule has 9 nitrogen and oxygen atoms in total. The van der Waals surface area contributed by atoms with Crippen molar-refractivity contribution in [2.75, 3.05) is 19.7 Å². The molecule has 58 heavy (non-hydrogen) atoms. The Bertz CT molecular complexity index is 2130. The first-order valence-electron chi connectivity index (χ1n) is 21.1. The number of aromatic nitrogens is 1. The van der Waals surface area contributed by atoms with Gasteiger partial charge in [-0.2, -0.15) is 5.26 Å². The molecule has 5 aliphatic rings. The molecule has 1 atom stereocenters. The van der Waals surface area contributed by atoms with Crippen LogP contribution in [0, 0.1) is 42.9 Å². The molecule has 0 spiro atoms. The molecule has 4 aliphatic carbocycles. The highest BCUT2D eigenvalue weighted by Gasteiger charge is 2.50. The van der Waals surface area contributed by atoms with Gasteiger partial charge in [0.05, 0.1) is 17.2 Å². The normalized spacial score (nSPS) is 23.7. The van der Waals surface area contributed by atoms with Crippen molar-refractivity contribution in [3.8, 4) is 34.4 Å². The quantitative estimate of drug-likeness (QED) is 0.107. The van der Waals surface area contributed by atoms with Gasteiger partial charge in [0, 0.05) is 41.7 Å². The fourth-order valence-electron chi connectivity index (χ4n) is 10.7. The molecule has 1 aliphatic heterocycles. The van der Waals surface area contributed by atoms with Gasteiger partial charge in [0.1, 0.15) is 42.6 Å². The zero-order valence-electron chi connectivity index (χ0n) is 33.8. The van der Waals surface area contributed by atoms with E-state index in [1.54, 1.807) is 18.3 Å². The molecule has 9 rings (SSSR count). The summed E-state index contributed by atoms with van der Waals surface area (Å²) in [6.45, 7) is 7.43. The van der Waals surface area contributed by atoms with Crippen molar-refractivity contribution in [1.29, 1.82) is 5.26 Å². The van der Waals surface area contributed by atoms with Crippen molar-refractivity contribution >= 4 is 17.6 Å². The van der Waals surface area contributed by atoms with Gasteiger partial charge in [0.15, 0.2) is 0 Å². The van der Waals surface area contributed by atoms with Crippen LogP contribution in [0.4, 0.5) is 0 Å². The molecule has 1 saturated heterocycles. The summed E-state index contributed by atoms with van der Waals surface area (Å²) in [6, 6.07) is 19.5. The van der Waals surface area contributed by atoms with Crippen LogP contribution < -0.4 is 19.5 Å². The largest absolute Gasteiger partial charge is 0.493 e. The van der Waals surface area contributed by atoms with Crippen molar-refractivity contribution in [1.82, 2.24) is 15.2 Å². The van der Waals surface area contributed by atoms with Gasteiger partial charge in [-0.1, -0.05) is 48.4 Å². The second kappa shape index (κ2) is 17.7. The summed E-state index contributed by atoms with van der Waals surface area (Å²) >= 11 is 6.90. The first-order valence-corrected chi connectivity index (χ1v) is 21.5. The summed E-state index contributed by atoms with van der Waals surface area (Å²) in [5, 5.41) is 23.7. The minimum atomic E-state index is -0.824. The molecule has 3 aromatic carbocycles. The van der Waals surface area contributed by atoms with Crippen LogP contribution in [0.25, 0.3) is 11.1 Å². The van der Waals surface area contributed by atoms with Crippen LogP contribution in [0.15, 0.2) is 67.0 Å². The lowest BCUT2D eigenvalue weighted by Crippen LogP contribution is -2.58. The van der Waals surface area contributed by atoms with Crippen LogP contribution in [-0.2, 0) is 24.6 Å². The van der Waals surface area contributed by atoms with Crippen molar-refractivity contribution in [2.24, 2.45) is 17.8 Å². The van der Waals surface area contributed by atoms with E-state index in [1.165, 1.54) is 44.7 Å². The van der Waals surface area contributed by atoms with Gasteiger partial charge in [-0.05, 0) is 148 Å². The number of carboxylic acids is 1. The molecule has 5 fully saturated rings. The Kier molecular flexibility index (Phi) is 12.3. The average molecular weight is 803 g/mol. The number of rotatable bonds is 16. The smallest absolute Gasteiger partial charge is 0.320 e. The molecular formula is C48H55ClN4O5. The molecule has 10 heteroatoms. The van der Waals surface area contributed by atoms with Gasteiger partial charge < -0.3 is 24.6 Å². The Morgan fingerprint density at radius 1 is 0.897 bits per heavy atom. The number of nitrogens with one attached hydrogen (secondary N) is 1. The average Bonchev–Trinajstić information content (AvgIpc) is 3.21. The van der Waals surface area contributed by atoms with Crippen LogP contribution >= 0.6 is 11.6 Å². The van der Waals surface area contributed by atoms with E-state index in [4.69, 9.17) is 25.8 Å².